The van der Waals surface area contributed by atoms with Crippen molar-refractivity contribution in [3.8, 4) is 11.5 Å². The quantitative estimate of drug-likeness (QED) is 0.395. The minimum absolute atomic E-state index is 0.114. The van der Waals surface area contributed by atoms with Crippen molar-refractivity contribution < 1.29 is 14.6 Å². The van der Waals surface area contributed by atoms with E-state index in [0.29, 0.717) is 22.2 Å². The van der Waals surface area contributed by atoms with Gasteiger partial charge in [0.05, 0.1) is 28.3 Å². The molecule has 1 heterocycles. The molecule has 3 aromatic rings. The second-order valence-corrected chi connectivity index (χ2v) is 8.80. The highest BCUT2D eigenvalue weighted by Crippen LogP contribution is 2.41. The highest BCUT2D eigenvalue weighted by molar-refractivity contribution is 8.18. The zero-order valence-electron chi connectivity index (χ0n) is 18.2. The molecule has 1 saturated heterocycles. The summed E-state index contributed by atoms with van der Waals surface area (Å²) < 4.78 is 5.48. The van der Waals surface area contributed by atoms with Crippen molar-refractivity contribution in [1.29, 1.82) is 0 Å². The number of benzene rings is 3. The molecule has 3 aromatic carbocycles. The summed E-state index contributed by atoms with van der Waals surface area (Å²) in [7, 11) is 0. The summed E-state index contributed by atoms with van der Waals surface area (Å²) in [6.45, 7) is 4.19. The van der Waals surface area contributed by atoms with E-state index in [1.807, 2.05) is 74.5 Å². The average molecular weight is 479 g/mol. The number of halogens is 1. The van der Waals surface area contributed by atoms with Gasteiger partial charge in [0, 0.05) is 0 Å². The fourth-order valence-corrected chi connectivity index (χ4v) is 4.78. The van der Waals surface area contributed by atoms with E-state index in [2.05, 4.69) is 0 Å². The largest absolute Gasteiger partial charge is 0.503 e. The molecule has 0 aromatic heterocycles. The summed E-state index contributed by atoms with van der Waals surface area (Å²) in [6, 6.07) is 22.5. The number of phenolic OH excluding ortho intramolecular Hbond substituents is 1. The van der Waals surface area contributed by atoms with E-state index in [9.17, 15) is 9.90 Å². The van der Waals surface area contributed by atoms with Gasteiger partial charge in [0.15, 0.2) is 16.7 Å². The molecule has 7 heteroatoms. The maximum atomic E-state index is 13.5. The number of ether oxygens (including phenoxy) is 1. The fourth-order valence-electron chi connectivity index (χ4n) is 3.49. The van der Waals surface area contributed by atoms with E-state index < -0.39 is 0 Å². The molecule has 4 rings (SSSR count). The molecule has 0 saturated carbocycles. The Balaban J connectivity index is 1.75. The lowest BCUT2D eigenvalue weighted by atomic mass is 10.1. The van der Waals surface area contributed by atoms with Crippen LogP contribution >= 0.6 is 23.4 Å². The van der Waals surface area contributed by atoms with Gasteiger partial charge >= 0.3 is 0 Å². The molecule has 0 radical (unpaired) electrons. The van der Waals surface area contributed by atoms with Crippen LogP contribution in [0.25, 0.3) is 6.08 Å². The molecular formula is C26H23ClN2O3S. The molecule has 1 aliphatic heterocycles. The SMILES string of the molecule is CCOc1cc(/C=C2/SC(=Nc3ccccc3)N([C@@H](C)c3ccccc3)C2=O)cc(Cl)c1O. The molecule has 33 heavy (non-hydrogen) atoms. The Hall–Kier alpha value is -3.22. The van der Waals surface area contributed by atoms with Gasteiger partial charge in [-0.25, -0.2) is 4.99 Å². The van der Waals surface area contributed by atoms with Crippen LogP contribution in [-0.2, 0) is 4.79 Å². The molecule has 1 atom stereocenters. The third-order valence-corrected chi connectivity index (χ3v) is 6.41. The number of nitrogens with zero attached hydrogens (tertiary/aromatic N) is 2. The summed E-state index contributed by atoms with van der Waals surface area (Å²) in [5, 5.41) is 10.9. The summed E-state index contributed by atoms with van der Waals surface area (Å²) >= 11 is 7.50. The van der Waals surface area contributed by atoms with E-state index >= 15 is 0 Å². The first kappa shape index (κ1) is 23.0. The summed E-state index contributed by atoms with van der Waals surface area (Å²) in [5.74, 6) is 0.0184. The van der Waals surface area contributed by atoms with Gasteiger partial charge in [0.2, 0.25) is 0 Å². The second-order valence-electron chi connectivity index (χ2n) is 7.38. The van der Waals surface area contributed by atoms with E-state index in [1.54, 1.807) is 23.1 Å². The third kappa shape index (κ3) is 5.07. The van der Waals surface area contributed by atoms with Crippen molar-refractivity contribution in [2.24, 2.45) is 4.99 Å². The van der Waals surface area contributed by atoms with Crippen LogP contribution in [-0.4, -0.2) is 27.7 Å². The van der Waals surface area contributed by atoms with E-state index in [4.69, 9.17) is 21.3 Å². The van der Waals surface area contributed by atoms with Crippen LogP contribution in [0.15, 0.2) is 82.7 Å². The number of rotatable bonds is 6. The Morgan fingerprint density at radius 2 is 1.79 bits per heavy atom. The summed E-state index contributed by atoms with van der Waals surface area (Å²) in [6.07, 6.45) is 1.75. The number of amidine groups is 1. The lowest BCUT2D eigenvalue weighted by Crippen LogP contribution is -2.32. The van der Waals surface area contributed by atoms with Crippen LogP contribution < -0.4 is 4.74 Å². The van der Waals surface area contributed by atoms with E-state index in [0.717, 1.165) is 11.3 Å². The maximum Gasteiger partial charge on any atom is 0.267 e. The van der Waals surface area contributed by atoms with Gasteiger partial charge in [-0.15, -0.1) is 0 Å². The first-order valence-electron chi connectivity index (χ1n) is 10.5. The molecular weight excluding hydrogens is 456 g/mol. The Labute approximate surface area is 202 Å². The lowest BCUT2D eigenvalue weighted by molar-refractivity contribution is -0.123. The maximum absolute atomic E-state index is 13.5. The zero-order valence-corrected chi connectivity index (χ0v) is 19.8. The fraction of sp³-hybridized carbons (Fsp3) is 0.154. The van der Waals surface area contributed by atoms with Crippen LogP contribution in [0.2, 0.25) is 5.02 Å². The van der Waals surface area contributed by atoms with Crippen LogP contribution in [0, 0.1) is 0 Å². The number of amides is 1. The number of para-hydroxylation sites is 1. The number of thioether (sulfide) groups is 1. The van der Waals surface area contributed by atoms with Crippen LogP contribution in [0.1, 0.15) is 31.0 Å². The standard InChI is InChI=1S/C26H23ClN2O3S/c1-3-32-22-15-18(14-21(27)24(22)30)16-23-25(31)29(17(2)19-10-6-4-7-11-19)26(33-23)28-20-12-8-5-9-13-20/h4-17,30H,3H2,1-2H3/b23-16+,28-26?/t17-/m0/s1. The van der Waals surface area contributed by atoms with Gasteiger partial charge in [0.1, 0.15) is 0 Å². The minimum Gasteiger partial charge on any atom is -0.503 e. The Bertz CT molecular complexity index is 1210. The normalized spacial score (nSPS) is 17.1. The first-order valence-corrected chi connectivity index (χ1v) is 11.7. The molecule has 1 N–H and O–H groups in total. The van der Waals surface area contributed by atoms with E-state index in [-0.39, 0.29) is 28.5 Å². The third-order valence-electron chi connectivity index (χ3n) is 5.14. The number of aliphatic imine (C=N–C) groups is 1. The predicted octanol–water partition coefficient (Wildman–Crippen LogP) is 6.81. The topological polar surface area (TPSA) is 62.1 Å². The molecule has 0 aliphatic carbocycles. The zero-order chi connectivity index (χ0) is 23.4. The number of aromatic hydroxyl groups is 1. The monoisotopic (exact) mass is 478 g/mol. The molecule has 1 fully saturated rings. The van der Waals surface area contributed by atoms with Crippen molar-refractivity contribution in [1.82, 2.24) is 4.90 Å². The number of phenols is 1. The Morgan fingerprint density at radius 3 is 2.45 bits per heavy atom. The molecule has 168 valence electrons. The summed E-state index contributed by atoms with van der Waals surface area (Å²) in [5.41, 5.74) is 2.44. The molecule has 0 unspecified atom stereocenters. The van der Waals surface area contributed by atoms with Crippen molar-refractivity contribution in [3.63, 3.8) is 0 Å². The number of carbonyl (C=O) groups excluding carboxylic acids is 1. The second kappa shape index (κ2) is 10.1. The molecule has 0 bridgehead atoms. The van der Waals surface area contributed by atoms with Crippen molar-refractivity contribution in [3.05, 3.63) is 93.9 Å². The average Bonchev–Trinajstić information content (AvgIpc) is 3.12. The van der Waals surface area contributed by atoms with Crippen LogP contribution in [0.5, 0.6) is 11.5 Å². The van der Waals surface area contributed by atoms with Crippen molar-refractivity contribution >= 4 is 46.2 Å². The molecule has 0 spiro atoms. The van der Waals surface area contributed by atoms with Gasteiger partial charge in [-0.1, -0.05) is 60.1 Å². The number of hydrogen-bond donors (Lipinski definition) is 1. The lowest BCUT2D eigenvalue weighted by Gasteiger charge is -2.24. The van der Waals surface area contributed by atoms with Gasteiger partial charge in [-0.3, -0.25) is 9.69 Å². The number of hydrogen-bond acceptors (Lipinski definition) is 5. The molecule has 1 amide bonds. The van der Waals surface area contributed by atoms with Crippen LogP contribution in [0.4, 0.5) is 5.69 Å². The van der Waals surface area contributed by atoms with E-state index in [1.165, 1.54) is 11.8 Å². The van der Waals surface area contributed by atoms with Gasteiger partial charge in [0.25, 0.3) is 5.91 Å². The Kier molecular flexibility index (Phi) is 7.06. The Morgan fingerprint density at radius 1 is 1.12 bits per heavy atom. The van der Waals surface area contributed by atoms with Crippen molar-refractivity contribution in [2.45, 2.75) is 19.9 Å². The highest BCUT2D eigenvalue weighted by Gasteiger charge is 2.37. The minimum atomic E-state index is -0.207. The van der Waals surface area contributed by atoms with Gasteiger partial charge < -0.3 is 9.84 Å². The smallest absolute Gasteiger partial charge is 0.267 e. The molecule has 1 aliphatic rings. The number of carbonyl (C=O) groups is 1. The first-order chi connectivity index (χ1) is 16.0. The van der Waals surface area contributed by atoms with Gasteiger partial charge in [-0.05, 0) is 67.1 Å². The highest BCUT2D eigenvalue weighted by atomic mass is 35.5. The summed E-state index contributed by atoms with van der Waals surface area (Å²) in [4.78, 5) is 20.5. The predicted molar refractivity (Wildman–Crippen MR) is 135 cm³/mol. The molecule has 5 nitrogen and oxygen atoms in total. The van der Waals surface area contributed by atoms with Gasteiger partial charge in [-0.2, -0.15) is 0 Å². The van der Waals surface area contributed by atoms with Crippen molar-refractivity contribution in [2.75, 3.05) is 6.61 Å². The van der Waals surface area contributed by atoms with Crippen LogP contribution in [0.3, 0.4) is 0 Å².